The molecule has 0 aliphatic carbocycles. The summed E-state index contributed by atoms with van der Waals surface area (Å²) in [5.74, 6) is -1.13. The molecule has 0 aliphatic rings. The Morgan fingerprint density at radius 3 is 1.58 bits per heavy atom. The van der Waals surface area contributed by atoms with Crippen molar-refractivity contribution in [2.75, 3.05) is 47.5 Å². The Balaban J connectivity index is 4.53. The van der Waals surface area contributed by atoms with Crippen molar-refractivity contribution >= 4 is 19.8 Å². The van der Waals surface area contributed by atoms with Crippen molar-refractivity contribution in [2.24, 2.45) is 0 Å². The van der Waals surface area contributed by atoms with Crippen molar-refractivity contribution < 1.29 is 52.3 Å². The largest absolute Gasteiger partial charge is 0.756 e. The highest BCUT2D eigenvalue weighted by molar-refractivity contribution is 7.45. The first-order valence-electron chi connectivity index (χ1n) is 24.2. The minimum atomic E-state index is -4.71. The van der Waals surface area contributed by atoms with Crippen LogP contribution in [-0.4, -0.2) is 92.5 Å². The SMILES string of the molecule is CCCCC/C=C\C/C=C\C/C=C\CC(O)C(O)CCCC(=O)O[C@H](COC(=O)CCCCCCCCCCC/C=C\C/C=C\CCCCC)COP(=O)([O-])OCC[N+](C)(C)C. The fourth-order valence-corrected chi connectivity index (χ4v) is 6.99. The summed E-state index contributed by atoms with van der Waals surface area (Å²) in [6, 6.07) is 0. The van der Waals surface area contributed by atoms with Crippen molar-refractivity contribution in [3.05, 3.63) is 60.8 Å². The van der Waals surface area contributed by atoms with E-state index < -0.39 is 44.7 Å². The second-order valence-corrected chi connectivity index (χ2v) is 18.8. The van der Waals surface area contributed by atoms with Gasteiger partial charge in [0.25, 0.3) is 7.82 Å². The van der Waals surface area contributed by atoms with E-state index >= 15 is 0 Å². The average Bonchev–Trinajstić information content (AvgIpc) is 3.22. The van der Waals surface area contributed by atoms with E-state index in [0.29, 0.717) is 17.4 Å². The predicted molar refractivity (Wildman–Crippen MR) is 252 cm³/mol. The van der Waals surface area contributed by atoms with Crippen LogP contribution in [0.5, 0.6) is 0 Å². The molecule has 0 rings (SSSR count). The molecule has 0 aromatic heterocycles. The van der Waals surface area contributed by atoms with Gasteiger partial charge in [-0.15, -0.1) is 0 Å². The second-order valence-electron chi connectivity index (χ2n) is 17.4. The third-order valence-corrected chi connectivity index (χ3v) is 11.2. The van der Waals surface area contributed by atoms with Crippen LogP contribution in [0.1, 0.15) is 181 Å². The van der Waals surface area contributed by atoms with Gasteiger partial charge in [0.1, 0.15) is 19.8 Å². The molecule has 0 bridgehead atoms. The number of aliphatic hydroxyl groups excluding tert-OH is 2. The highest BCUT2D eigenvalue weighted by Crippen LogP contribution is 2.38. The summed E-state index contributed by atoms with van der Waals surface area (Å²) in [5, 5.41) is 20.8. The Morgan fingerprint density at radius 1 is 0.581 bits per heavy atom. The van der Waals surface area contributed by atoms with Gasteiger partial charge in [-0.05, 0) is 83.5 Å². The average molecular weight is 896 g/mol. The quantitative estimate of drug-likeness (QED) is 0.0199. The third-order valence-electron chi connectivity index (χ3n) is 10.2. The van der Waals surface area contributed by atoms with E-state index in [1.165, 1.54) is 77.0 Å². The van der Waals surface area contributed by atoms with E-state index in [9.17, 15) is 29.3 Å². The number of likely N-dealkylation sites (N-methyl/N-ethyl adjacent to an activating group) is 1. The maximum Gasteiger partial charge on any atom is 0.306 e. The molecule has 0 fully saturated rings. The lowest BCUT2D eigenvalue weighted by molar-refractivity contribution is -0.870. The van der Waals surface area contributed by atoms with Gasteiger partial charge in [-0.3, -0.25) is 14.2 Å². The molecule has 0 radical (unpaired) electrons. The van der Waals surface area contributed by atoms with Gasteiger partial charge in [-0.1, -0.05) is 145 Å². The molecule has 3 unspecified atom stereocenters. The first-order chi connectivity index (χ1) is 29.8. The molecule has 0 aromatic rings. The summed E-state index contributed by atoms with van der Waals surface area (Å²) in [6.45, 7) is 3.83. The molecule has 0 saturated heterocycles. The van der Waals surface area contributed by atoms with Gasteiger partial charge in [0, 0.05) is 12.8 Å². The van der Waals surface area contributed by atoms with Crippen molar-refractivity contribution in [3.63, 3.8) is 0 Å². The van der Waals surface area contributed by atoms with Crippen LogP contribution in [0.15, 0.2) is 60.8 Å². The summed E-state index contributed by atoms with van der Waals surface area (Å²) in [6.07, 6.45) is 42.7. The molecule has 0 saturated carbocycles. The van der Waals surface area contributed by atoms with E-state index in [1.54, 1.807) is 0 Å². The zero-order chi connectivity index (χ0) is 46.0. The number of esters is 2. The maximum absolute atomic E-state index is 12.7. The number of rotatable bonds is 43. The lowest BCUT2D eigenvalue weighted by Crippen LogP contribution is -2.37. The lowest BCUT2D eigenvalue weighted by Gasteiger charge is -2.28. The second kappa shape index (κ2) is 41.3. The summed E-state index contributed by atoms with van der Waals surface area (Å²) < 4.78 is 33.7. The number of aliphatic hydroxyl groups is 2. The summed E-state index contributed by atoms with van der Waals surface area (Å²) in [4.78, 5) is 37.7. The Hall–Kier alpha value is -2.37. The van der Waals surface area contributed by atoms with Crippen LogP contribution >= 0.6 is 7.82 Å². The zero-order valence-electron chi connectivity index (χ0n) is 39.8. The van der Waals surface area contributed by atoms with Gasteiger partial charge in [0.2, 0.25) is 0 Å². The van der Waals surface area contributed by atoms with Crippen LogP contribution in [0.25, 0.3) is 0 Å². The van der Waals surface area contributed by atoms with Gasteiger partial charge in [0.15, 0.2) is 6.10 Å². The Bertz CT molecular complexity index is 1270. The van der Waals surface area contributed by atoms with Crippen molar-refractivity contribution in [1.29, 1.82) is 0 Å². The predicted octanol–water partition coefficient (Wildman–Crippen LogP) is 11.3. The number of hydrogen-bond acceptors (Lipinski definition) is 10. The minimum Gasteiger partial charge on any atom is -0.756 e. The van der Waals surface area contributed by atoms with Crippen LogP contribution in [0, 0.1) is 0 Å². The van der Waals surface area contributed by atoms with Crippen molar-refractivity contribution in [2.45, 2.75) is 199 Å². The Morgan fingerprint density at radius 2 is 1.05 bits per heavy atom. The monoisotopic (exact) mass is 896 g/mol. The number of phosphoric ester groups is 1. The lowest BCUT2D eigenvalue weighted by atomic mass is 10.0. The molecular weight excluding hydrogens is 806 g/mol. The number of carbonyl (C=O) groups excluding carboxylic acids is 2. The number of carbonyl (C=O) groups is 2. The van der Waals surface area contributed by atoms with Crippen LogP contribution in [0.2, 0.25) is 0 Å². The molecule has 62 heavy (non-hydrogen) atoms. The number of nitrogens with zero attached hydrogens (tertiary/aromatic N) is 1. The van der Waals surface area contributed by atoms with Crippen molar-refractivity contribution in [1.82, 2.24) is 0 Å². The topological polar surface area (TPSA) is 152 Å². The molecule has 0 heterocycles. The number of ether oxygens (including phenoxy) is 2. The fourth-order valence-electron chi connectivity index (χ4n) is 6.26. The Kier molecular flexibility index (Phi) is 39.8. The van der Waals surface area contributed by atoms with Crippen LogP contribution < -0.4 is 4.89 Å². The van der Waals surface area contributed by atoms with Crippen molar-refractivity contribution in [3.8, 4) is 0 Å². The highest BCUT2D eigenvalue weighted by Gasteiger charge is 2.22. The van der Waals surface area contributed by atoms with Gasteiger partial charge < -0.3 is 38.1 Å². The summed E-state index contributed by atoms with van der Waals surface area (Å²) in [7, 11) is 0.981. The molecule has 0 aliphatic heterocycles. The molecule has 0 aromatic carbocycles. The van der Waals surface area contributed by atoms with Gasteiger partial charge in [-0.25, -0.2) is 0 Å². The van der Waals surface area contributed by atoms with E-state index in [2.05, 4.69) is 62.5 Å². The number of phosphoric acid groups is 1. The fraction of sp³-hybridized carbons (Fsp3) is 0.760. The maximum atomic E-state index is 12.7. The molecule has 12 heteroatoms. The summed E-state index contributed by atoms with van der Waals surface area (Å²) in [5.41, 5.74) is 0. The normalized spacial score (nSPS) is 15.0. The van der Waals surface area contributed by atoms with Gasteiger partial charge in [0.05, 0.1) is 40.0 Å². The third kappa shape index (κ3) is 42.9. The standard InChI is InChI=1S/C50H90NO10P/c1-6-8-10-12-14-16-18-20-21-22-23-24-25-26-28-30-32-34-36-40-49(54)58-44-46(45-60-62(56,57)59-43-42-51(3,4)5)61-50(55)41-37-39-48(53)47(52)38-35-33-31-29-27-19-17-15-13-11-9-7-2/h14-17,20-21,27,29,33,35,46-48,52-53H,6-13,18-19,22-26,28,30-32,34,36-45H2,1-5H3/b16-14-,17-15-,21-20-,29-27-,35-33-/t46-,47?,48?/m1/s1. The van der Waals surface area contributed by atoms with E-state index in [0.717, 1.165) is 51.4 Å². The first-order valence-corrected chi connectivity index (χ1v) is 25.6. The number of hydrogen-bond donors (Lipinski definition) is 2. The van der Waals surface area contributed by atoms with E-state index in [-0.39, 0.29) is 45.3 Å². The zero-order valence-corrected chi connectivity index (χ0v) is 40.7. The van der Waals surface area contributed by atoms with Crippen LogP contribution in [-0.2, 0) is 32.7 Å². The number of allylic oxidation sites excluding steroid dienone is 9. The molecule has 0 amide bonds. The first kappa shape index (κ1) is 59.6. The molecular formula is C50H90NO10P. The number of unbranched alkanes of at least 4 members (excludes halogenated alkanes) is 15. The number of quaternary nitrogens is 1. The van der Waals surface area contributed by atoms with Crippen LogP contribution in [0.4, 0.5) is 0 Å². The van der Waals surface area contributed by atoms with Crippen LogP contribution in [0.3, 0.4) is 0 Å². The molecule has 11 nitrogen and oxygen atoms in total. The van der Waals surface area contributed by atoms with Gasteiger partial charge >= 0.3 is 11.9 Å². The summed E-state index contributed by atoms with van der Waals surface area (Å²) >= 11 is 0. The Labute approximate surface area is 378 Å². The molecule has 0 spiro atoms. The highest BCUT2D eigenvalue weighted by atomic mass is 31.2. The molecule has 360 valence electrons. The minimum absolute atomic E-state index is 0.0859. The van der Waals surface area contributed by atoms with E-state index in [4.69, 9.17) is 18.5 Å². The van der Waals surface area contributed by atoms with E-state index in [1.807, 2.05) is 33.3 Å². The molecule has 2 N–H and O–H groups in total. The molecule has 4 atom stereocenters. The van der Waals surface area contributed by atoms with Gasteiger partial charge in [-0.2, -0.15) is 0 Å². The smallest absolute Gasteiger partial charge is 0.306 e.